The van der Waals surface area contributed by atoms with Crippen molar-refractivity contribution in [2.75, 3.05) is 24.7 Å². The Labute approximate surface area is 160 Å². The molecule has 0 spiro atoms. The molecule has 2 aromatic rings. The minimum absolute atomic E-state index is 0.0193. The van der Waals surface area contributed by atoms with E-state index in [2.05, 4.69) is 17.6 Å². The second-order valence-electron chi connectivity index (χ2n) is 6.18. The third-order valence-corrected chi connectivity index (χ3v) is 4.96. The summed E-state index contributed by atoms with van der Waals surface area (Å²) in [5.41, 5.74) is 0.758. The van der Waals surface area contributed by atoms with Crippen LogP contribution in [0.1, 0.15) is 37.0 Å². The average molecular weight is 391 g/mol. The fraction of sp³-hybridized carbons (Fsp3) is 0.350. The van der Waals surface area contributed by atoms with Crippen molar-refractivity contribution in [3.63, 3.8) is 0 Å². The summed E-state index contributed by atoms with van der Waals surface area (Å²) in [5, 5.41) is 5.92. The lowest BCUT2D eigenvalue weighted by Gasteiger charge is -2.18. The van der Waals surface area contributed by atoms with Gasteiger partial charge in [-0.15, -0.1) is 0 Å². The lowest BCUT2D eigenvalue weighted by molar-refractivity contribution is 0.0955. The molecule has 27 heavy (non-hydrogen) atoms. The Hall–Kier alpha value is -2.54. The van der Waals surface area contributed by atoms with Gasteiger partial charge in [-0.25, -0.2) is 8.42 Å². The highest BCUT2D eigenvalue weighted by molar-refractivity contribution is 7.90. The summed E-state index contributed by atoms with van der Waals surface area (Å²) in [6, 6.07) is 12.0. The second kappa shape index (κ2) is 9.41. The number of unbranched alkanes of at least 4 members (excludes halogenated alkanes) is 1. The lowest BCUT2D eigenvalue weighted by Crippen LogP contribution is -2.23. The van der Waals surface area contributed by atoms with Gasteiger partial charge in [0.05, 0.1) is 5.69 Å². The largest absolute Gasteiger partial charge is 0.454 e. The zero-order valence-electron chi connectivity index (χ0n) is 15.9. The van der Waals surface area contributed by atoms with Crippen LogP contribution in [-0.2, 0) is 9.84 Å². The molecule has 0 aliphatic heterocycles. The third-order valence-electron chi connectivity index (χ3n) is 3.86. The molecule has 0 aromatic heterocycles. The zero-order chi connectivity index (χ0) is 19.9. The van der Waals surface area contributed by atoms with Gasteiger partial charge in [-0.1, -0.05) is 31.5 Å². The van der Waals surface area contributed by atoms with Gasteiger partial charge in [-0.05, 0) is 37.6 Å². The highest BCUT2D eigenvalue weighted by Crippen LogP contribution is 2.37. The van der Waals surface area contributed by atoms with Crippen molar-refractivity contribution in [2.24, 2.45) is 0 Å². The summed E-state index contributed by atoms with van der Waals surface area (Å²) in [6.07, 6.45) is 3.00. The number of anilines is 1. The number of amides is 1. The summed E-state index contributed by atoms with van der Waals surface area (Å²) >= 11 is 0. The van der Waals surface area contributed by atoms with Gasteiger partial charge in [0.1, 0.15) is 10.6 Å². The van der Waals surface area contributed by atoms with Crippen LogP contribution < -0.4 is 15.4 Å². The predicted molar refractivity (Wildman–Crippen MR) is 107 cm³/mol. The van der Waals surface area contributed by atoms with Crippen LogP contribution in [-0.4, -0.2) is 33.7 Å². The first kappa shape index (κ1) is 20.8. The molecule has 0 radical (unpaired) electrons. The average Bonchev–Trinajstić information content (AvgIpc) is 2.63. The molecule has 7 heteroatoms. The zero-order valence-corrected chi connectivity index (χ0v) is 16.7. The normalized spacial score (nSPS) is 11.1. The van der Waals surface area contributed by atoms with Gasteiger partial charge in [0, 0.05) is 24.9 Å². The molecule has 0 unspecified atom stereocenters. The molecule has 2 rings (SSSR count). The fourth-order valence-electron chi connectivity index (χ4n) is 2.51. The molecule has 2 N–H and O–H groups in total. The summed E-state index contributed by atoms with van der Waals surface area (Å²) in [4.78, 5) is 12.3. The second-order valence-corrected chi connectivity index (χ2v) is 8.16. The smallest absolute Gasteiger partial charge is 0.251 e. The minimum atomic E-state index is -3.62. The first-order valence-electron chi connectivity index (χ1n) is 8.99. The highest BCUT2D eigenvalue weighted by atomic mass is 32.2. The number of carbonyl (C=O) groups is 1. The number of rotatable bonds is 9. The van der Waals surface area contributed by atoms with Gasteiger partial charge >= 0.3 is 0 Å². The monoisotopic (exact) mass is 390 g/mol. The van der Waals surface area contributed by atoms with Crippen molar-refractivity contribution in [2.45, 2.75) is 31.6 Å². The topological polar surface area (TPSA) is 84.5 Å². The van der Waals surface area contributed by atoms with E-state index in [4.69, 9.17) is 4.74 Å². The summed E-state index contributed by atoms with van der Waals surface area (Å²) in [6.45, 7) is 4.97. The van der Waals surface area contributed by atoms with E-state index in [1.54, 1.807) is 18.2 Å². The minimum Gasteiger partial charge on any atom is -0.454 e. The molecule has 146 valence electrons. The van der Waals surface area contributed by atoms with Gasteiger partial charge in [-0.2, -0.15) is 0 Å². The molecule has 0 aliphatic rings. The fourth-order valence-corrected chi connectivity index (χ4v) is 3.34. The number of sulfone groups is 1. The number of carbonyl (C=O) groups excluding carboxylic acids is 1. The van der Waals surface area contributed by atoms with Crippen LogP contribution in [0.4, 0.5) is 5.69 Å². The van der Waals surface area contributed by atoms with E-state index in [-0.39, 0.29) is 22.1 Å². The Kier molecular flexibility index (Phi) is 7.24. The molecule has 0 saturated carbocycles. The molecule has 0 fully saturated rings. The van der Waals surface area contributed by atoms with Crippen LogP contribution in [0.2, 0.25) is 0 Å². The Morgan fingerprint density at radius 2 is 1.81 bits per heavy atom. The van der Waals surface area contributed by atoms with Crippen molar-refractivity contribution in [1.82, 2.24) is 5.32 Å². The maximum Gasteiger partial charge on any atom is 0.251 e. The van der Waals surface area contributed by atoms with Gasteiger partial charge in [-0.3, -0.25) is 4.79 Å². The van der Waals surface area contributed by atoms with E-state index in [1.807, 2.05) is 25.1 Å². The van der Waals surface area contributed by atoms with E-state index in [0.717, 1.165) is 19.1 Å². The van der Waals surface area contributed by atoms with E-state index in [0.29, 0.717) is 24.5 Å². The van der Waals surface area contributed by atoms with E-state index in [1.165, 1.54) is 6.07 Å². The van der Waals surface area contributed by atoms with Crippen molar-refractivity contribution in [3.05, 3.63) is 48.0 Å². The van der Waals surface area contributed by atoms with Crippen molar-refractivity contribution in [3.8, 4) is 11.5 Å². The molecule has 6 nitrogen and oxygen atoms in total. The molecule has 2 aromatic carbocycles. The number of hydrogen-bond donors (Lipinski definition) is 2. The van der Waals surface area contributed by atoms with Gasteiger partial charge in [0.2, 0.25) is 0 Å². The van der Waals surface area contributed by atoms with Gasteiger partial charge < -0.3 is 15.4 Å². The number of benzene rings is 2. The first-order valence-corrected chi connectivity index (χ1v) is 10.9. The molecule has 0 aliphatic carbocycles. The number of para-hydroxylation sites is 1. The van der Waals surface area contributed by atoms with Gasteiger partial charge in [0.15, 0.2) is 15.6 Å². The summed E-state index contributed by atoms with van der Waals surface area (Å²) in [5.74, 6) is 0.395. The van der Waals surface area contributed by atoms with Crippen LogP contribution >= 0.6 is 0 Å². The Bertz CT molecular complexity index is 880. The number of ether oxygens (including phenoxy) is 1. The third kappa shape index (κ3) is 5.72. The molecular weight excluding hydrogens is 364 g/mol. The standard InChI is InChI=1S/C20H26N2O4S/c1-4-6-12-22-17-13-15(20(23)21-5-2)14-18(27(3,24)25)19(17)26-16-10-8-7-9-11-16/h7-11,13-14,22H,4-6,12H2,1-3H3,(H,21,23). The molecule has 0 atom stereocenters. The predicted octanol–water partition coefficient (Wildman–Crippen LogP) is 3.84. The first-order chi connectivity index (χ1) is 12.9. The maximum absolute atomic E-state index is 12.4. The molecular formula is C20H26N2O4S. The van der Waals surface area contributed by atoms with E-state index in [9.17, 15) is 13.2 Å². The summed E-state index contributed by atoms with van der Waals surface area (Å²) in [7, 11) is -3.62. The van der Waals surface area contributed by atoms with Crippen LogP contribution in [0, 0.1) is 0 Å². The van der Waals surface area contributed by atoms with Crippen LogP contribution in [0.5, 0.6) is 11.5 Å². The quantitative estimate of drug-likeness (QED) is 0.636. The Morgan fingerprint density at radius 1 is 1.11 bits per heavy atom. The Morgan fingerprint density at radius 3 is 2.41 bits per heavy atom. The van der Waals surface area contributed by atoms with Crippen LogP contribution in [0.25, 0.3) is 0 Å². The molecule has 1 amide bonds. The number of nitrogens with one attached hydrogen (secondary N) is 2. The summed E-state index contributed by atoms with van der Waals surface area (Å²) < 4.78 is 30.8. The van der Waals surface area contributed by atoms with Crippen LogP contribution in [0.3, 0.4) is 0 Å². The van der Waals surface area contributed by atoms with Crippen molar-refractivity contribution < 1.29 is 17.9 Å². The van der Waals surface area contributed by atoms with Crippen LogP contribution in [0.15, 0.2) is 47.4 Å². The van der Waals surface area contributed by atoms with Crippen molar-refractivity contribution in [1.29, 1.82) is 0 Å². The molecule has 0 heterocycles. The SMILES string of the molecule is CCCCNc1cc(C(=O)NCC)cc(S(C)(=O)=O)c1Oc1ccccc1. The van der Waals surface area contributed by atoms with Gasteiger partial charge in [0.25, 0.3) is 5.91 Å². The number of hydrogen-bond acceptors (Lipinski definition) is 5. The Balaban J connectivity index is 2.59. The van der Waals surface area contributed by atoms with E-state index >= 15 is 0 Å². The molecule has 0 bridgehead atoms. The van der Waals surface area contributed by atoms with E-state index < -0.39 is 9.84 Å². The molecule has 0 saturated heterocycles. The van der Waals surface area contributed by atoms with Crippen molar-refractivity contribution >= 4 is 21.4 Å². The maximum atomic E-state index is 12.4. The highest BCUT2D eigenvalue weighted by Gasteiger charge is 2.23. The lowest BCUT2D eigenvalue weighted by atomic mass is 10.1.